The molecule has 1 aromatic carbocycles. The van der Waals surface area contributed by atoms with Crippen molar-refractivity contribution in [1.29, 1.82) is 0 Å². The Morgan fingerprint density at radius 1 is 1.31 bits per heavy atom. The molecule has 16 heavy (non-hydrogen) atoms. The van der Waals surface area contributed by atoms with Gasteiger partial charge in [0, 0.05) is 6.04 Å². The highest BCUT2D eigenvalue weighted by Gasteiger charge is 2.13. The van der Waals surface area contributed by atoms with Gasteiger partial charge >= 0.3 is 0 Å². The van der Waals surface area contributed by atoms with Crippen LogP contribution >= 0.6 is 0 Å². The molecule has 0 aromatic heterocycles. The molecule has 88 valence electrons. The molecule has 1 atom stereocenters. The van der Waals surface area contributed by atoms with Crippen LogP contribution in [0.1, 0.15) is 42.4 Å². The first-order valence-corrected chi connectivity index (χ1v) is 6.55. The van der Waals surface area contributed by atoms with Crippen LogP contribution in [0.25, 0.3) is 0 Å². The summed E-state index contributed by atoms with van der Waals surface area (Å²) < 4.78 is 0. The molecule has 1 nitrogen and oxygen atoms in total. The maximum absolute atomic E-state index is 3.57. The Labute approximate surface area is 99.3 Å². The van der Waals surface area contributed by atoms with E-state index < -0.39 is 0 Å². The minimum Gasteiger partial charge on any atom is -0.314 e. The van der Waals surface area contributed by atoms with E-state index >= 15 is 0 Å². The SMILES string of the molecule is Cc1ccc(C)c(CCCC2CCCN2)c1. The van der Waals surface area contributed by atoms with Crippen molar-refractivity contribution < 1.29 is 0 Å². The molecular formula is C15H23N. The van der Waals surface area contributed by atoms with Crippen LogP contribution < -0.4 is 5.32 Å². The largest absolute Gasteiger partial charge is 0.314 e. The van der Waals surface area contributed by atoms with Crippen LogP contribution in [-0.2, 0) is 6.42 Å². The van der Waals surface area contributed by atoms with Gasteiger partial charge < -0.3 is 5.32 Å². The molecular weight excluding hydrogens is 194 g/mol. The van der Waals surface area contributed by atoms with Crippen molar-refractivity contribution in [2.45, 2.75) is 52.0 Å². The Balaban J connectivity index is 1.82. The van der Waals surface area contributed by atoms with Crippen molar-refractivity contribution in [3.8, 4) is 0 Å². The van der Waals surface area contributed by atoms with Gasteiger partial charge in [0.05, 0.1) is 0 Å². The first-order valence-electron chi connectivity index (χ1n) is 6.55. The van der Waals surface area contributed by atoms with Crippen LogP contribution in [0.5, 0.6) is 0 Å². The van der Waals surface area contributed by atoms with E-state index in [4.69, 9.17) is 0 Å². The van der Waals surface area contributed by atoms with Gasteiger partial charge in [-0.1, -0.05) is 23.8 Å². The zero-order chi connectivity index (χ0) is 11.4. The van der Waals surface area contributed by atoms with E-state index in [9.17, 15) is 0 Å². The third-order valence-corrected chi connectivity index (χ3v) is 3.67. The van der Waals surface area contributed by atoms with Crippen LogP contribution in [0.4, 0.5) is 0 Å². The molecule has 1 heteroatoms. The lowest BCUT2D eigenvalue weighted by Crippen LogP contribution is -2.21. The molecule has 0 spiro atoms. The minimum absolute atomic E-state index is 0.796. The van der Waals surface area contributed by atoms with Gasteiger partial charge in [0.25, 0.3) is 0 Å². The molecule has 1 saturated heterocycles. The molecule has 1 unspecified atom stereocenters. The van der Waals surface area contributed by atoms with E-state index in [-0.39, 0.29) is 0 Å². The second kappa shape index (κ2) is 5.49. The highest BCUT2D eigenvalue weighted by molar-refractivity contribution is 5.30. The predicted molar refractivity (Wildman–Crippen MR) is 69.9 cm³/mol. The average Bonchev–Trinajstić information content (AvgIpc) is 2.76. The molecule has 1 aliphatic rings. The van der Waals surface area contributed by atoms with Crippen LogP contribution in [0.2, 0.25) is 0 Å². The van der Waals surface area contributed by atoms with E-state index in [0.29, 0.717) is 0 Å². The summed E-state index contributed by atoms with van der Waals surface area (Å²) in [4.78, 5) is 0. The van der Waals surface area contributed by atoms with Crippen LogP contribution in [0.15, 0.2) is 18.2 Å². The summed E-state index contributed by atoms with van der Waals surface area (Å²) in [7, 11) is 0. The normalized spacial score (nSPS) is 20.2. The zero-order valence-corrected chi connectivity index (χ0v) is 10.6. The van der Waals surface area contributed by atoms with Gasteiger partial charge in [-0.3, -0.25) is 0 Å². The van der Waals surface area contributed by atoms with Crippen molar-refractivity contribution in [2.24, 2.45) is 0 Å². The Morgan fingerprint density at radius 2 is 2.19 bits per heavy atom. The van der Waals surface area contributed by atoms with Crippen LogP contribution in [0.3, 0.4) is 0 Å². The van der Waals surface area contributed by atoms with E-state index in [1.165, 1.54) is 55.3 Å². The topological polar surface area (TPSA) is 12.0 Å². The third kappa shape index (κ3) is 3.08. The third-order valence-electron chi connectivity index (χ3n) is 3.67. The second-order valence-corrected chi connectivity index (χ2v) is 5.12. The molecule has 1 aromatic rings. The minimum atomic E-state index is 0.796. The van der Waals surface area contributed by atoms with E-state index in [0.717, 1.165) is 6.04 Å². The van der Waals surface area contributed by atoms with Crippen LogP contribution in [-0.4, -0.2) is 12.6 Å². The highest BCUT2D eigenvalue weighted by atomic mass is 14.9. The number of nitrogens with one attached hydrogen (secondary N) is 1. The summed E-state index contributed by atoms with van der Waals surface area (Å²) in [5.74, 6) is 0. The fourth-order valence-corrected chi connectivity index (χ4v) is 2.61. The molecule has 0 bridgehead atoms. The molecule has 1 N–H and O–H groups in total. The summed E-state index contributed by atoms with van der Waals surface area (Å²) in [5.41, 5.74) is 4.38. The maximum Gasteiger partial charge on any atom is 0.00676 e. The standard InChI is InChI=1S/C15H23N/c1-12-8-9-13(2)14(11-12)5-3-6-15-7-4-10-16-15/h8-9,11,15-16H,3-7,10H2,1-2H3. The van der Waals surface area contributed by atoms with E-state index in [1.807, 2.05) is 0 Å². The zero-order valence-electron chi connectivity index (χ0n) is 10.6. The number of hydrogen-bond acceptors (Lipinski definition) is 1. The van der Waals surface area contributed by atoms with E-state index in [2.05, 4.69) is 37.4 Å². The van der Waals surface area contributed by atoms with Gasteiger partial charge in [-0.15, -0.1) is 0 Å². The van der Waals surface area contributed by atoms with Gasteiger partial charge in [-0.2, -0.15) is 0 Å². The van der Waals surface area contributed by atoms with Gasteiger partial charge in [0.2, 0.25) is 0 Å². The van der Waals surface area contributed by atoms with E-state index in [1.54, 1.807) is 0 Å². The Bertz CT molecular complexity index is 337. The number of aryl methyl sites for hydroxylation is 3. The maximum atomic E-state index is 3.57. The Hall–Kier alpha value is -0.820. The summed E-state index contributed by atoms with van der Waals surface area (Å²) in [5, 5.41) is 3.57. The first-order chi connectivity index (χ1) is 7.75. The van der Waals surface area contributed by atoms with Gasteiger partial charge in [0.1, 0.15) is 0 Å². The Morgan fingerprint density at radius 3 is 2.94 bits per heavy atom. The number of hydrogen-bond donors (Lipinski definition) is 1. The lowest BCUT2D eigenvalue weighted by atomic mass is 9.99. The lowest BCUT2D eigenvalue weighted by molar-refractivity contribution is 0.536. The lowest BCUT2D eigenvalue weighted by Gasteiger charge is -2.11. The number of benzene rings is 1. The van der Waals surface area contributed by atoms with Crippen molar-refractivity contribution in [3.63, 3.8) is 0 Å². The summed E-state index contributed by atoms with van der Waals surface area (Å²) in [6.45, 7) is 5.64. The predicted octanol–water partition coefficient (Wildman–Crippen LogP) is 3.38. The van der Waals surface area contributed by atoms with Gasteiger partial charge in [0.15, 0.2) is 0 Å². The van der Waals surface area contributed by atoms with Gasteiger partial charge in [-0.25, -0.2) is 0 Å². The molecule has 2 rings (SSSR count). The monoisotopic (exact) mass is 217 g/mol. The molecule has 0 aliphatic carbocycles. The number of rotatable bonds is 4. The van der Waals surface area contributed by atoms with Crippen molar-refractivity contribution in [2.75, 3.05) is 6.54 Å². The van der Waals surface area contributed by atoms with Gasteiger partial charge in [-0.05, 0) is 63.6 Å². The first kappa shape index (κ1) is 11.7. The molecule has 0 saturated carbocycles. The smallest absolute Gasteiger partial charge is 0.00676 e. The molecule has 0 radical (unpaired) electrons. The second-order valence-electron chi connectivity index (χ2n) is 5.12. The van der Waals surface area contributed by atoms with Crippen molar-refractivity contribution in [1.82, 2.24) is 5.32 Å². The molecule has 1 fully saturated rings. The quantitative estimate of drug-likeness (QED) is 0.815. The summed E-state index contributed by atoms with van der Waals surface area (Å²) in [6.07, 6.45) is 6.65. The highest BCUT2D eigenvalue weighted by Crippen LogP contribution is 2.16. The Kier molecular flexibility index (Phi) is 4.00. The molecule has 1 heterocycles. The van der Waals surface area contributed by atoms with Crippen LogP contribution in [0, 0.1) is 13.8 Å². The molecule has 0 amide bonds. The fourth-order valence-electron chi connectivity index (χ4n) is 2.61. The summed E-state index contributed by atoms with van der Waals surface area (Å²) in [6, 6.07) is 7.60. The van der Waals surface area contributed by atoms with Crippen molar-refractivity contribution >= 4 is 0 Å². The summed E-state index contributed by atoms with van der Waals surface area (Å²) >= 11 is 0. The van der Waals surface area contributed by atoms with Crippen molar-refractivity contribution in [3.05, 3.63) is 34.9 Å². The molecule has 1 aliphatic heterocycles. The average molecular weight is 217 g/mol. The fraction of sp³-hybridized carbons (Fsp3) is 0.600.